The number of carbonyl (C=O) groups is 1. The van der Waals surface area contributed by atoms with Crippen LogP contribution >= 0.6 is 0 Å². The van der Waals surface area contributed by atoms with Crippen molar-refractivity contribution in [3.63, 3.8) is 0 Å². The van der Waals surface area contributed by atoms with Gasteiger partial charge in [0.05, 0.1) is 5.69 Å². The first kappa shape index (κ1) is 17.5. The molecule has 1 aromatic carbocycles. The molecule has 2 unspecified atom stereocenters. The van der Waals surface area contributed by atoms with Crippen molar-refractivity contribution in [3.8, 4) is 5.69 Å². The van der Waals surface area contributed by atoms with Crippen LogP contribution in [0.1, 0.15) is 49.6 Å². The molecule has 1 amide bonds. The summed E-state index contributed by atoms with van der Waals surface area (Å²) in [6.07, 6.45) is 1.02. The van der Waals surface area contributed by atoms with Gasteiger partial charge in [0.1, 0.15) is 11.6 Å². The summed E-state index contributed by atoms with van der Waals surface area (Å²) in [5.41, 5.74) is 0.558. The van der Waals surface area contributed by atoms with E-state index in [9.17, 15) is 9.18 Å². The SMILES string of the molecule is CC(C)c1nc(C(=O)NC2CNCCC2C)nn1-c1cccc(F)c1. The summed E-state index contributed by atoms with van der Waals surface area (Å²) in [4.78, 5) is 17.0. The van der Waals surface area contributed by atoms with Gasteiger partial charge < -0.3 is 10.6 Å². The molecule has 1 fully saturated rings. The summed E-state index contributed by atoms with van der Waals surface area (Å²) in [5.74, 6) is 0.553. The summed E-state index contributed by atoms with van der Waals surface area (Å²) in [5, 5.41) is 10.6. The fourth-order valence-corrected chi connectivity index (χ4v) is 3.01. The predicted molar refractivity (Wildman–Crippen MR) is 93.3 cm³/mol. The maximum absolute atomic E-state index is 13.6. The van der Waals surface area contributed by atoms with Crippen molar-refractivity contribution in [1.82, 2.24) is 25.4 Å². The lowest BCUT2D eigenvalue weighted by molar-refractivity contribution is 0.0904. The molecule has 0 radical (unpaired) electrons. The van der Waals surface area contributed by atoms with E-state index in [1.165, 1.54) is 12.1 Å². The average molecular weight is 345 g/mol. The van der Waals surface area contributed by atoms with Crippen molar-refractivity contribution < 1.29 is 9.18 Å². The van der Waals surface area contributed by atoms with E-state index in [1.807, 2.05) is 13.8 Å². The second-order valence-corrected chi connectivity index (χ2v) is 6.89. The molecule has 2 atom stereocenters. The van der Waals surface area contributed by atoms with Gasteiger partial charge >= 0.3 is 0 Å². The molecule has 134 valence electrons. The molecule has 1 aliphatic heterocycles. The van der Waals surface area contributed by atoms with Gasteiger partial charge in [0.25, 0.3) is 5.91 Å². The van der Waals surface area contributed by atoms with Crippen molar-refractivity contribution in [2.75, 3.05) is 13.1 Å². The van der Waals surface area contributed by atoms with Crippen molar-refractivity contribution in [2.45, 2.75) is 39.2 Å². The quantitative estimate of drug-likeness (QED) is 0.892. The van der Waals surface area contributed by atoms with Gasteiger partial charge in [-0.25, -0.2) is 14.1 Å². The summed E-state index contributed by atoms with van der Waals surface area (Å²) < 4.78 is 15.1. The Hall–Kier alpha value is -2.28. The zero-order valence-electron chi connectivity index (χ0n) is 14.8. The number of amides is 1. The van der Waals surface area contributed by atoms with E-state index in [1.54, 1.807) is 16.8 Å². The monoisotopic (exact) mass is 345 g/mol. The Morgan fingerprint density at radius 3 is 2.92 bits per heavy atom. The first-order chi connectivity index (χ1) is 12.0. The highest BCUT2D eigenvalue weighted by Crippen LogP contribution is 2.18. The Morgan fingerprint density at radius 1 is 1.44 bits per heavy atom. The van der Waals surface area contributed by atoms with Crippen LogP contribution in [0.3, 0.4) is 0 Å². The third-order valence-corrected chi connectivity index (χ3v) is 4.55. The fraction of sp³-hybridized carbons (Fsp3) is 0.500. The highest BCUT2D eigenvalue weighted by Gasteiger charge is 2.26. The molecule has 0 bridgehead atoms. The van der Waals surface area contributed by atoms with Gasteiger partial charge in [-0.05, 0) is 37.1 Å². The van der Waals surface area contributed by atoms with Gasteiger partial charge in [-0.3, -0.25) is 4.79 Å². The van der Waals surface area contributed by atoms with Gasteiger partial charge in [0.15, 0.2) is 0 Å². The molecule has 3 rings (SSSR count). The molecule has 2 heterocycles. The normalized spacial score (nSPS) is 20.7. The third kappa shape index (κ3) is 3.87. The maximum atomic E-state index is 13.6. The van der Waals surface area contributed by atoms with Crippen molar-refractivity contribution >= 4 is 5.91 Å². The summed E-state index contributed by atoms with van der Waals surface area (Å²) in [7, 11) is 0. The standard InChI is InChI=1S/C18H24FN5O/c1-11(2)17-22-16(18(25)21-15-10-20-8-7-12(15)3)23-24(17)14-6-4-5-13(19)9-14/h4-6,9,11-12,15,20H,7-8,10H2,1-3H3,(H,21,25). The minimum Gasteiger partial charge on any atom is -0.345 e. The Labute approximate surface area is 146 Å². The van der Waals surface area contributed by atoms with E-state index in [0.29, 0.717) is 17.4 Å². The predicted octanol–water partition coefficient (Wildman–Crippen LogP) is 2.26. The lowest BCUT2D eigenvalue weighted by atomic mass is 9.95. The van der Waals surface area contributed by atoms with Crippen LogP contribution in [0.2, 0.25) is 0 Å². The molecule has 1 aliphatic rings. The van der Waals surface area contributed by atoms with E-state index in [2.05, 4.69) is 27.6 Å². The molecular formula is C18H24FN5O. The van der Waals surface area contributed by atoms with Crippen molar-refractivity contribution in [3.05, 3.63) is 41.7 Å². The molecule has 1 aromatic heterocycles. The lowest BCUT2D eigenvalue weighted by Gasteiger charge is -2.29. The van der Waals surface area contributed by atoms with E-state index >= 15 is 0 Å². The topological polar surface area (TPSA) is 71.8 Å². The van der Waals surface area contributed by atoms with Crippen molar-refractivity contribution in [1.29, 1.82) is 0 Å². The van der Waals surface area contributed by atoms with Crippen LogP contribution in [-0.2, 0) is 0 Å². The number of benzene rings is 1. The molecule has 0 saturated carbocycles. The molecule has 7 heteroatoms. The van der Waals surface area contributed by atoms with Crippen LogP contribution in [0.5, 0.6) is 0 Å². The molecule has 1 saturated heterocycles. The minimum atomic E-state index is -0.351. The van der Waals surface area contributed by atoms with Gasteiger partial charge in [-0.15, -0.1) is 5.10 Å². The maximum Gasteiger partial charge on any atom is 0.291 e. The summed E-state index contributed by atoms with van der Waals surface area (Å²) >= 11 is 0. The zero-order chi connectivity index (χ0) is 18.0. The Bertz CT molecular complexity index is 758. The van der Waals surface area contributed by atoms with E-state index < -0.39 is 0 Å². The number of piperidine rings is 1. The van der Waals surface area contributed by atoms with Gasteiger partial charge in [0.2, 0.25) is 5.82 Å². The van der Waals surface area contributed by atoms with Crippen LogP contribution in [0.25, 0.3) is 5.69 Å². The summed E-state index contributed by atoms with van der Waals surface area (Å²) in [6, 6.07) is 6.19. The lowest BCUT2D eigenvalue weighted by Crippen LogP contribution is -2.50. The molecule has 25 heavy (non-hydrogen) atoms. The molecular weight excluding hydrogens is 321 g/mol. The van der Waals surface area contributed by atoms with Crippen molar-refractivity contribution in [2.24, 2.45) is 5.92 Å². The Kier molecular flexibility index (Phi) is 5.13. The first-order valence-electron chi connectivity index (χ1n) is 8.70. The molecule has 0 spiro atoms. The van der Waals surface area contributed by atoms with Crippen LogP contribution in [0, 0.1) is 11.7 Å². The largest absolute Gasteiger partial charge is 0.345 e. The smallest absolute Gasteiger partial charge is 0.291 e. The number of rotatable bonds is 4. The number of aromatic nitrogens is 3. The molecule has 2 N–H and O–H groups in total. The molecule has 2 aromatic rings. The molecule has 6 nitrogen and oxygen atoms in total. The summed E-state index contributed by atoms with van der Waals surface area (Å²) in [6.45, 7) is 7.78. The van der Waals surface area contributed by atoms with E-state index in [-0.39, 0.29) is 29.5 Å². The van der Waals surface area contributed by atoms with Gasteiger partial charge in [0, 0.05) is 18.5 Å². The highest BCUT2D eigenvalue weighted by molar-refractivity contribution is 5.90. The average Bonchev–Trinajstić information content (AvgIpc) is 3.03. The molecule has 0 aliphatic carbocycles. The number of hydrogen-bond donors (Lipinski definition) is 2. The number of nitrogens with one attached hydrogen (secondary N) is 2. The number of halogens is 1. The minimum absolute atomic E-state index is 0.0487. The second kappa shape index (κ2) is 7.31. The van der Waals surface area contributed by atoms with Crippen LogP contribution in [-0.4, -0.2) is 39.8 Å². The fourth-order valence-electron chi connectivity index (χ4n) is 3.01. The highest BCUT2D eigenvalue weighted by atomic mass is 19.1. The van der Waals surface area contributed by atoms with Crippen LogP contribution < -0.4 is 10.6 Å². The number of carbonyl (C=O) groups excluding carboxylic acids is 1. The first-order valence-corrected chi connectivity index (χ1v) is 8.70. The zero-order valence-corrected chi connectivity index (χ0v) is 14.8. The Morgan fingerprint density at radius 2 is 2.24 bits per heavy atom. The van der Waals surface area contributed by atoms with Gasteiger partial charge in [-0.1, -0.05) is 26.8 Å². The Balaban J connectivity index is 1.87. The number of nitrogens with zero attached hydrogens (tertiary/aromatic N) is 3. The van der Waals surface area contributed by atoms with E-state index in [4.69, 9.17) is 0 Å². The van der Waals surface area contributed by atoms with Crippen LogP contribution in [0.4, 0.5) is 4.39 Å². The van der Waals surface area contributed by atoms with E-state index in [0.717, 1.165) is 19.5 Å². The van der Waals surface area contributed by atoms with Gasteiger partial charge in [-0.2, -0.15) is 0 Å². The third-order valence-electron chi connectivity index (χ3n) is 4.55. The number of hydrogen-bond acceptors (Lipinski definition) is 4. The van der Waals surface area contributed by atoms with Crippen LogP contribution in [0.15, 0.2) is 24.3 Å². The second-order valence-electron chi connectivity index (χ2n) is 6.89.